The van der Waals surface area contributed by atoms with E-state index >= 15 is 0 Å². The molecular formula is C16H14BrF2N3. The fourth-order valence-electron chi connectivity index (χ4n) is 2.62. The maximum atomic E-state index is 13.9. The molecule has 0 saturated heterocycles. The molecule has 0 spiro atoms. The minimum Gasteiger partial charge on any atom is -0.334 e. The van der Waals surface area contributed by atoms with Gasteiger partial charge < -0.3 is 4.57 Å². The van der Waals surface area contributed by atoms with Crippen molar-refractivity contribution >= 4 is 15.9 Å². The van der Waals surface area contributed by atoms with Gasteiger partial charge in [0, 0.05) is 37.2 Å². The van der Waals surface area contributed by atoms with Gasteiger partial charge >= 0.3 is 0 Å². The van der Waals surface area contributed by atoms with Crippen molar-refractivity contribution in [1.82, 2.24) is 9.55 Å². The molecule has 0 N–H and O–H groups in total. The van der Waals surface area contributed by atoms with E-state index in [0.29, 0.717) is 18.8 Å². The van der Waals surface area contributed by atoms with Crippen LogP contribution < -0.4 is 0 Å². The Bertz CT molecular complexity index is 744. The fraction of sp³-hybridized carbons (Fsp3) is 0.375. The van der Waals surface area contributed by atoms with Crippen LogP contribution in [-0.4, -0.2) is 9.55 Å². The number of halogens is 3. The van der Waals surface area contributed by atoms with Crippen LogP contribution in [0.2, 0.25) is 0 Å². The zero-order valence-electron chi connectivity index (χ0n) is 11.8. The van der Waals surface area contributed by atoms with Crippen molar-refractivity contribution in [3.05, 3.63) is 52.0 Å². The molecule has 114 valence electrons. The van der Waals surface area contributed by atoms with Crippen LogP contribution in [0, 0.1) is 28.4 Å². The van der Waals surface area contributed by atoms with Crippen LogP contribution in [0.15, 0.2) is 29.0 Å². The Labute approximate surface area is 135 Å². The highest BCUT2D eigenvalue weighted by Crippen LogP contribution is 2.50. The molecule has 1 heterocycles. The van der Waals surface area contributed by atoms with Crippen molar-refractivity contribution in [2.24, 2.45) is 5.41 Å². The van der Waals surface area contributed by atoms with E-state index in [2.05, 4.69) is 27.0 Å². The number of benzene rings is 1. The zero-order chi connectivity index (χ0) is 15.7. The lowest BCUT2D eigenvalue weighted by Gasteiger charge is -2.15. The summed E-state index contributed by atoms with van der Waals surface area (Å²) in [7, 11) is 0. The molecule has 0 bridgehead atoms. The highest BCUT2D eigenvalue weighted by atomic mass is 79.9. The highest BCUT2D eigenvalue weighted by molar-refractivity contribution is 9.10. The summed E-state index contributed by atoms with van der Waals surface area (Å²) in [5.41, 5.74) is 0.312. The van der Waals surface area contributed by atoms with E-state index < -0.39 is 11.6 Å². The van der Waals surface area contributed by atoms with Gasteiger partial charge in [0.25, 0.3) is 0 Å². The molecule has 1 aromatic carbocycles. The van der Waals surface area contributed by atoms with Crippen molar-refractivity contribution in [1.29, 1.82) is 5.26 Å². The molecule has 1 saturated carbocycles. The molecule has 3 nitrogen and oxygen atoms in total. The minimum atomic E-state index is -0.488. The standard InChI is InChI=1S/C16H14BrF2N3/c17-12-9-13(18)11(7-14(12)19)8-15-21-5-6-22(15)10-16(1-2-16)3-4-20/h5-7,9H,1-3,8,10H2. The summed E-state index contributed by atoms with van der Waals surface area (Å²) >= 11 is 2.97. The Morgan fingerprint density at radius 1 is 1.32 bits per heavy atom. The molecule has 6 heteroatoms. The molecule has 22 heavy (non-hydrogen) atoms. The highest BCUT2D eigenvalue weighted by Gasteiger charge is 2.42. The molecule has 0 amide bonds. The van der Waals surface area contributed by atoms with E-state index in [4.69, 9.17) is 5.26 Å². The summed E-state index contributed by atoms with van der Waals surface area (Å²) in [6.07, 6.45) is 6.29. The molecule has 1 aliphatic carbocycles. The van der Waals surface area contributed by atoms with Gasteiger partial charge in [0.2, 0.25) is 0 Å². The molecular weight excluding hydrogens is 352 g/mol. The van der Waals surface area contributed by atoms with E-state index in [1.165, 1.54) is 6.07 Å². The lowest BCUT2D eigenvalue weighted by molar-refractivity contribution is 0.423. The van der Waals surface area contributed by atoms with Crippen molar-refractivity contribution < 1.29 is 8.78 Å². The van der Waals surface area contributed by atoms with Crippen LogP contribution >= 0.6 is 15.9 Å². The van der Waals surface area contributed by atoms with E-state index in [1.54, 1.807) is 6.20 Å². The first kappa shape index (κ1) is 15.2. The third-order valence-corrected chi connectivity index (χ3v) is 4.76. The Kier molecular flexibility index (Phi) is 4.00. The average Bonchev–Trinajstić information content (AvgIpc) is 3.08. The van der Waals surface area contributed by atoms with Gasteiger partial charge in [-0.15, -0.1) is 0 Å². The number of rotatable bonds is 5. The molecule has 3 rings (SSSR count). The average molecular weight is 366 g/mol. The Morgan fingerprint density at radius 2 is 2.09 bits per heavy atom. The molecule has 1 aliphatic rings. The molecule has 0 radical (unpaired) electrons. The summed E-state index contributed by atoms with van der Waals surface area (Å²) in [5.74, 6) is -0.261. The first-order chi connectivity index (χ1) is 10.5. The molecule has 0 aliphatic heterocycles. The quantitative estimate of drug-likeness (QED) is 0.744. The zero-order valence-corrected chi connectivity index (χ0v) is 13.4. The SMILES string of the molecule is N#CCC1(Cn2ccnc2Cc2cc(F)c(Br)cc2F)CC1. The lowest BCUT2D eigenvalue weighted by Crippen LogP contribution is -2.14. The minimum absolute atomic E-state index is 0.0354. The van der Waals surface area contributed by atoms with Crippen LogP contribution in [-0.2, 0) is 13.0 Å². The summed E-state index contributed by atoms with van der Waals surface area (Å²) in [4.78, 5) is 4.26. The van der Waals surface area contributed by atoms with Crippen LogP contribution in [0.1, 0.15) is 30.7 Å². The van der Waals surface area contributed by atoms with E-state index in [-0.39, 0.29) is 21.9 Å². The summed E-state index contributed by atoms with van der Waals surface area (Å²) in [6, 6.07) is 4.56. The van der Waals surface area contributed by atoms with Gasteiger partial charge in [0.1, 0.15) is 17.5 Å². The topological polar surface area (TPSA) is 41.6 Å². The van der Waals surface area contributed by atoms with Gasteiger partial charge in [0.05, 0.1) is 10.5 Å². The van der Waals surface area contributed by atoms with E-state index in [9.17, 15) is 8.78 Å². The molecule has 0 unspecified atom stereocenters. The summed E-state index contributed by atoms with van der Waals surface area (Å²) in [5, 5.41) is 8.90. The smallest absolute Gasteiger partial charge is 0.137 e. The predicted molar refractivity (Wildman–Crippen MR) is 81.0 cm³/mol. The third kappa shape index (κ3) is 3.05. The van der Waals surface area contributed by atoms with Gasteiger partial charge in [-0.25, -0.2) is 13.8 Å². The number of nitrogens with zero attached hydrogens (tertiary/aromatic N) is 3. The van der Waals surface area contributed by atoms with Crippen LogP contribution in [0.25, 0.3) is 0 Å². The van der Waals surface area contributed by atoms with Crippen molar-refractivity contribution in [2.75, 3.05) is 0 Å². The Morgan fingerprint density at radius 3 is 2.77 bits per heavy atom. The van der Waals surface area contributed by atoms with Gasteiger partial charge in [-0.05, 0) is 46.5 Å². The monoisotopic (exact) mass is 365 g/mol. The first-order valence-corrected chi connectivity index (χ1v) is 7.83. The lowest BCUT2D eigenvalue weighted by atomic mass is 10.0. The van der Waals surface area contributed by atoms with Crippen LogP contribution in [0.5, 0.6) is 0 Å². The first-order valence-electron chi connectivity index (χ1n) is 7.03. The maximum absolute atomic E-state index is 13.9. The summed E-state index contributed by atoms with van der Waals surface area (Å²) < 4.78 is 29.6. The van der Waals surface area contributed by atoms with E-state index in [0.717, 1.165) is 18.9 Å². The second-order valence-electron chi connectivity index (χ2n) is 5.84. The van der Waals surface area contributed by atoms with Gasteiger partial charge in [-0.1, -0.05) is 0 Å². The fourth-order valence-corrected chi connectivity index (χ4v) is 2.93. The molecule has 2 aromatic rings. The third-order valence-electron chi connectivity index (χ3n) is 4.16. The molecule has 1 aromatic heterocycles. The number of aromatic nitrogens is 2. The maximum Gasteiger partial charge on any atom is 0.137 e. The molecule has 0 atom stereocenters. The van der Waals surface area contributed by atoms with E-state index in [1.807, 2.05) is 10.8 Å². The second-order valence-corrected chi connectivity index (χ2v) is 6.70. The van der Waals surface area contributed by atoms with Gasteiger partial charge in [-0.3, -0.25) is 0 Å². The van der Waals surface area contributed by atoms with Crippen LogP contribution in [0.4, 0.5) is 8.78 Å². The summed E-state index contributed by atoms with van der Waals surface area (Å²) in [6.45, 7) is 0.705. The van der Waals surface area contributed by atoms with Crippen LogP contribution in [0.3, 0.4) is 0 Å². The Hall–Kier alpha value is -1.74. The predicted octanol–water partition coefficient (Wildman–Crippen LogP) is 4.21. The van der Waals surface area contributed by atoms with Crippen molar-refractivity contribution in [2.45, 2.75) is 32.2 Å². The molecule has 1 fully saturated rings. The largest absolute Gasteiger partial charge is 0.334 e. The van der Waals surface area contributed by atoms with Gasteiger partial charge in [0.15, 0.2) is 0 Å². The number of imidazole rings is 1. The Balaban J connectivity index is 1.81. The van der Waals surface area contributed by atoms with Crippen molar-refractivity contribution in [3.63, 3.8) is 0 Å². The van der Waals surface area contributed by atoms with Crippen molar-refractivity contribution in [3.8, 4) is 6.07 Å². The second kappa shape index (κ2) is 5.81. The number of hydrogen-bond acceptors (Lipinski definition) is 2. The van der Waals surface area contributed by atoms with Gasteiger partial charge in [-0.2, -0.15) is 5.26 Å². The number of hydrogen-bond donors (Lipinski definition) is 0. The number of nitriles is 1. The normalized spacial score (nSPS) is 15.5.